The molecule has 0 saturated heterocycles. The Morgan fingerprint density at radius 2 is 2.00 bits per heavy atom. The Morgan fingerprint density at radius 3 is 2.50 bits per heavy atom. The summed E-state index contributed by atoms with van der Waals surface area (Å²) in [5, 5.41) is 9.78. The summed E-state index contributed by atoms with van der Waals surface area (Å²) in [5.74, 6) is 0.0549. The molecule has 1 aromatic rings. The van der Waals surface area contributed by atoms with Crippen LogP contribution in [0.25, 0.3) is 0 Å². The van der Waals surface area contributed by atoms with Crippen molar-refractivity contribution in [2.45, 2.75) is 32.4 Å². The predicted molar refractivity (Wildman–Crippen MR) is 66.0 cm³/mol. The van der Waals surface area contributed by atoms with Gasteiger partial charge in [0, 0.05) is 0 Å². The van der Waals surface area contributed by atoms with Crippen LogP contribution in [0.1, 0.15) is 31.9 Å². The van der Waals surface area contributed by atoms with Gasteiger partial charge in [0.25, 0.3) is 0 Å². The van der Waals surface area contributed by atoms with Gasteiger partial charge in [-0.25, -0.2) is 4.39 Å². The van der Waals surface area contributed by atoms with E-state index in [2.05, 4.69) is 0 Å². The van der Waals surface area contributed by atoms with Crippen molar-refractivity contribution in [1.82, 2.24) is 0 Å². The largest absolute Gasteiger partial charge is 0.391 e. The van der Waals surface area contributed by atoms with Crippen LogP contribution in [0.2, 0.25) is 0 Å². The highest BCUT2D eigenvalue weighted by Crippen LogP contribution is 2.19. The zero-order valence-electron chi connectivity index (χ0n) is 9.56. The van der Waals surface area contributed by atoms with Gasteiger partial charge in [-0.2, -0.15) is 0 Å². The summed E-state index contributed by atoms with van der Waals surface area (Å²) in [5.41, 5.74) is 6.48. The van der Waals surface area contributed by atoms with Crippen molar-refractivity contribution in [1.29, 1.82) is 0 Å². The van der Waals surface area contributed by atoms with Crippen LogP contribution in [-0.4, -0.2) is 11.2 Å². The lowest BCUT2D eigenvalue weighted by Gasteiger charge is -2.20. The van der Waals surface area contributed by atoms with E-state index in [4.69, 9.17) is 5.73 Å². The molecule has 0 aliphatic rings. The molecule has 16 heavy (non-hydrogen) atoms. The first-order valence-corrected chi connectivity index (χ1v) is 5.20. The van der Waals surface area contributed by atoms with E-state index in [1.807, 2.05) is 13.8 Å². The van der Waals surface area contributed by atoms with Gasteiger partial charge >= 0.3 is 0 Å². The number of rotatable bonds is 4. The fourth-order valence-electron chi connectivity index (χ4n) is 1.57. The van der Waals surface area contributed by atoms with Gasteiger partial charge in [0.1, 0.15) is 5.82 Å². The Morgan fingerprint density at radius 1 is 1.38 bits per heavy atom. The molecule has 92 valence electrons. The van der Waals surface area contributed by atoms with E-state index < -0.39 is 12.1 Å². The van der Waals surface area contributed by atoms with Crippen molar-refractivity contribution < 1.29 is 9.50 Å². The van der Waals surface area contributed by atoms with E-state index in [9.17, 15) is 9.50 Å². The molecule has 0 radical (unpaired) electrons. The Bertz CT molecular complexity index is 320. The molecule has 4 heteroatoms. The van der Waals surface area contributed by atoms with Crippen LogP contribution in [0.5, 0.6) is 0 Å². The van der Waals surface area contributed by atoms with Crippen LogP contribution in [-0.2, 0) is 0 Å². The minimum absolute atomic E-state index is 0. The Kier molecular flexibility index (Phi) is 6.56. The summed E-state index contributed by atoms with van der Waals surface area (Å²) in [6, 6.07) is 5.56. The molecule has 0 aliphatic carbocycles. The normalized spacial score (nSPS) is 14.4. The Hall–Kier alpha value is -0.640. The van der Waals surface area contributed by atoms with Gasteiger partial charge in [-0.05, 0) is 30.0 Å². The quantitative estimate of drug-likeness (QED) is 0.859. The number of aliphatic hydroxyl groups excluding tert-OH is 1. The molecule has 0 spiro atoms. The topological polar surface area (TPSA) is 46.2 Å². The van der Waals surface area contributed by atoms with E-state index in [1.165, 1.54) is 12.1 Å². The fraction of sp³-hybridized carbons (Fsp3) is 0.500. The molecular weight excluding hydrogens is 229 g/mol. The maximum absolute atomic E-state index is 12.9. The zero-order valence-corrected chi connectivity index (χ0v) is 10.4. The van der Waals surface area contributed by atoms with Gasteiger partial charge in [0.15, 0.2) is 0 Å². The highest BCUT2D eigenvalue weighted by Gasteiger charge is 2.18. The second kappa shape index (κ2) is 6.84. The van der Waals surface area contributed by atoms with Gasteiger partial charge in [0.2, 0.25) is 0 Å². The summed E-state index contributed by atoms with van der Waals surface area (Å²) in [7, 11) is 0. The average molecular weight is 248 g/mol. The maximum Gasteiger partial charge on any atom is 0.123 e. The van der Waals surface area contributed by atoms with Crippen LogP contribution >= 0.6 is 12.4 Å². The van der Waals surface area contributed by atoms with Crippen molar-refractivity contribution in [3.05, 3.63) is 35.6 Å². The summed E-state index contributed by atoms with van der Waals surface area (Å²) in [6.45, 7) is 4.03. The van der Waals surface area contributed by atoms with Crippen molar-refractivity contribution >= 4 is 12.4 Å². The maximum atomic E-state index is 12.9. The van der Waals surface area contributed by atoms with Gasteiger partial charge in [0.05, 0.1) is 12.1 Å². The molecule has 0 saturated carbocycles. The molecule has 0 fully saturated rings. The van der Waals surface area contributed by atoms with E-state index in [0.717, 1.165) is 0 Å². The lowest BCUT2D eigenvalue weighted by atomic mass is 9.95. The van der Waals surface area contributed by atoms with Gasteiger partial charge in [-0.15, -0.1) is 12.4 Å². The smallest absolute Gasteiger partial charge is 0.123 e. The SMILES string of the molecule is CC(C)C[C@H](O)[C@H](N)c1cccc(F)c1.Cl. The second-order valence-electron chi connectivity index (χ2n) is 4.28. The minimum atomic E-state index is -0.619. The number of aliphatic hydroxyl groups is 1. The van der Waals surface area contributed by atoms with Crippen LogP contribution in [0.4, 0.5) is 4.39 Å². The van der Waals surface area contributed by atoms with Gasteiger partial charge < -0.3 is 10.8 Å². The molecular formula is C12H19ClFNO. The molecule has 0 bridgehead atoms. The van der Waals surface area contributed by atoms with Crippen LogP contribution in [0.15, 0.2) is 24.3 Å². The minimum Gasteiger partial charge on any atom is -0.391 e. The van der Waals surface area contributed by atoms with Gasteiger partial charge in [-0.3, -0.25) is 0 Å². The Labute approximate surface area is 102 Å². The van der Waals surface area contributed by atoms with Crippen molar-refractivity contribution in [2.24, 2.45) is 11.7 Å². The first-order chi connectivity index (χ1) is 7.00. The molecule has 2 atom stereocenters. The predicted octanol–water partition coefficient (Wildman–Crippen LogP) is 2.65. The molecule has 0 unspecified atom stereocenters. The number of halogens is 2. The molecule has 1 rings (SSSR count). The highest BCUT2D eigenvalue weighted by atomic mass is 35.5. The number of benzene rings is 1. The van der Waals surface area contributed by atoms with E-state index >= 15 is 0 Å². The average Bonchev–Trinajstić information content (AvgIpc) is 2.15. The third kappa shape index (κ3) is 4.47. The van der Waals surface area contributed by atoms with E-state index in [1.54, 1.807) is 12.1 Å². The van der Waals surface area contributed by atoms with Crippen molar-refractivity contribution in [2.75, 3.05) is 0 Å². The summed E-state index contributed by atoms with van der Waals surface area (Å²) >= 11 is 0. The zero-order chi connectivity index (χ0) is 11.4. The second-order valence-corrected chi connectivity index (χ2v) is 4.28. The fourth-order valence-corrected chi connectivity index (χ4v) is 1.57. The first-order valence-electron chi connectivity index (χ1n) is 5.20. The summed E-state index contributed by atoms with van der Waals surface area (Å²) < 4.78 is 12.9. The number of hydrogen-bond acceptors (Lipinski definition) is 2. The summed E-state index contributed by atoms with van der Waals surface area (Å²) in [6.07, 6.45) is 0.00399. The van der Waals surface area contributed by atoms with Crippen molar-refractivity contribution in [3.63, 3.8) is 0 Å². The molecule has 0 amide bonds. The molecule has 3 N–H and O–H groups in total. The van der Waals surface area contributed by atoms with Gasteiger partial charge in [-0.1, -0.05) is 26.0 Å². The first kappa shape index (κ1) is 15.4. The summed E-state index contributed by atoms with van der Waals surface area (Å²) in [4.78, 5) is 0. The highest BCUT2D eigenvalue weighted by molar-refractivity contribution is 5.85. The standard InChI is InChI=1S/C12H18FNO.ClH/c1-8(2)6-11(15)12(14)9-4-3-5-10(13)7-9;/h3-5,7-8,11-12,15H,6,14H2,1-2H3;1H/t11-,12+;/m0./s1. The molecule has 2 nitrogen and oxygen atoms in total. The van der Waals surface area contributed by atoms with E-state index in [-0.39, 0.29) is 18.2 Å². The van der Waals surface area contributed by atoms with Crippen LogP contribution in [0, 0.1) is 11.7 Å². The monoisotopic (exact) mass is 247 g/mol. The molecule has 1 aromatic carbocycles. The third-order valence-corrected chi connectivity index (χ3v) is 2.36. The number of nitrogens with two attached hydrogens (primary N) is 1. The Balaban J connectivity index is 0.00000225. The molecule has 0 aromatic heterocycles. The lowest BCUT2D eigenvalue weighted by Crippen LogP contribution is -2.27. The van der Waals surface area contributed by atoms with Crippen LogP contribution in [0.3, 0.4) is 0 Å². The van der Waals surface area contributed by atoms with Crippen molar-refractivity contribution in [3.8, 4) is 0 Å². The van der Waals surface area contributed by atoms with E-state index in [0.29, 0.717) is 17.9 Å². The molecule has 0 heterocycles. The molecule has 0 aliphatic heterocycles. The number of hydrogen-bond donors (Lipinski definition) is 2. The lowest BCUT2D eigenvalue weighted by molar-refractivity contribution is 0.121. The third-order valence-electron chi connectivity index (χ3n) is 2.36. The van der Waals surface area contributed by atoms with Crippen LogP contribution < -0.4 is 5.73 Å².